The smallest absolute Gasteiger partial charge is 0.239 e. The fourth-order valence-corrected chi connectivity index (χ4v) is 3.00. The Morgan fingerprint density at radius 2 is 2.23 bits per heavy atom. The van der Waals surface area contributed by atoms with E-state index in [9.17, 15) is 9.18 Å². The number of carbonyl (C=O) groups excluding carboxylic acids is 1. The number of nitrogens with two attached hydrogens (primary N) is 1. The molecule has 4 nitrogen and oxygen atoms in total. The summed E-state index contributed by atoms with van der Waals surface area (Å²) in [4.78, 5) is 13.9. The molecule has 0 spiro atoms. The number of benzene rings is 1. The standard InChI is InChI=1S/C15H19Cl2FN2O2/c1-2-3-13(19)15(21)20-4-5-22-14(8-20)9-6-12(18)11(17)7-10(9)16/h6-7,13-14H,2-5,8,19H2,1H3. The molecule has 0 aromatic heterocycles. The zero-order valence-corrected chi connectivity index (χ0v) is 13.8. The summed E-state index contributed by atoms with van der Waals surface area (Å²) in [6, 6.07) is 2.09. The van der Waals surface area contributed by atoms with Crippen LogP contribution in [0.2, 0.25) is 10.0 Å². The van der Waals surface area contributed by atoms with Crippen LogP contribution in [0.5, 0.6) is 0 Å². The summed E-state index contributed by atoms with van der Waals surface area (Å²) in [6.07, 6.45) is 0.998. The van der Waals surface area contributed by atoms with Gasteiger partial charge >= 0.3 is 0 Å². The van der Waals surface area contributed by atoms with Crippen molar-refractivity contribution in [2.24, 2.45) is 5.73 Å². The predicted octanol–water partition coefficient (Wildman–Crippen LogP) is 3.16. The first kappa shape index (κ1) is 17.5. The van der Waals surface area contributed by atoms with Crippen molar-refractivity contribution in [3.05, 3.63) is 33.6 Å². The molecule has 22 heavy (non-hydrogen) atoms. The molecule has 1 aliphatic rings. The molecule has 1 aromatic carbocycles. The van der Waals surface area contributed by atoms with Crippen molar-refractivity contribution >= 4 is 29.1 Å². The van der Waals surface area contributed by atoms with E-state index in [0.717, 1.165) is 6.42 Å². The molecular weight excluding hydrogens is 330 g/mol. The maximum absolute atomic E-state index is 13.7. The predicted molar refractivity (Wildman–Crippen MR) is 84.6 cm³/mol. The first-order valence-corrected chi connectivity index (χ1v) is 8.00. The Labute approximate surface area is 139 Å². The van der Waals surface area contributed by atoms with Gasteiger partial charge in [0.2, 0.25) is 5.91 Å². The Bertz CT molecular complexity index is 557. The third-order valence-electron chi connectivity index (χ3n) is 3.68. The van der Waals surface area contributed by atoms with Crippen LogP contribution < -0.4 is 5.73 Å². The van der Waals surface area contributed by atoms with E-state index in [-0.39, 0.29) is 10.9 Å². The number of hydrogen-bond donors (Lipinski definition) is 1. The van der Waals surface area contributed by atoms with E-state index >= 15 is 0 Å². The first-order valence-electron chi connectivity index (χ1n) is 7.24. The Kier molecular flexibility index (Phi) is 6.03. The Morgan fingerprint density at radius 1 is 1.50 bits per heavy atom. The van der Waals surface area contributed by atoms with Gasteiger partial charge in [0.05, 0.1) is 24.2 Å². The van der Waals surface area contributed by atoms with Gasteiger partial charge in [0.25, 0.3) is 0 Å². The maximum atomic E-state index is 13.7. The van der Waals surface area contributed by atoms with Gasteiger partial charge in [0.1, 0.15) is 11.9 Å². The van der Waals surface area contributed by atoms with Gasteiger partial charge in [0.15, 0.2) is 0 Å². The molecule has 2 N–H and O–H groups in total. The summed E-state index contributed by atoms with van der Waals surface area (Å²) in [5.41, 5.74) is 6.37. The lowest BCUT2D eigenvalue weighted by molar-refractivity contribution is -0.140. The molecule has 0 aliphatic carbocycles. The molecule has 1 amide bonds. The average Bonchev–Trinajstić information content (AvgIpc) is 2.50. The van der Waals surface area contributed by atoms with Crippen LogP contribution in [0.15, 0.2) is 12.1 Å². The number of amides is 1. The van der Waals surface area contributed by atoms with Crippen molar-refractivity contribution in [2.75, 3.05) is 19.7 Å². The van der Waals surface area contributed by atoms with Crippen molar-refractivity contribution < 1.29 is 13.9 Å². The van der Waals surface area contributed by atoms with Gasteiger partial charge in [-0.2, -0.15) is 0 Å². The van der Waals surface area contributed by atoms with Crippen LogP contribution in [-0.4, -0.2) is 36.5 Å². The molecule has 0 saturated carbocycles. The summed E-state index contributed by atoms with van der Waals surface area (Å²) in [6.45, 7) is 3.11. The van der Waals surface area contributed by atoms with Crippen LogP contribution in [0.4, 0.5) is 4.39 Å². The number of morpholine rings is 1. The van der Waals surface area contributed by atoms with Crippen molar-refractivity contribution in [3.63, 3.8) is 0 Å². The lowest BCUT2D eigenvalue weighted by atomic mass is 10.1. The normalized spacial score (nSPS) is 20.0. The molecule has 2 unspecified atom stereocenters. The number of carbonyl (C=O) groups is 1. The number of rotatable bonds is 4. The van der Waals surface area contributed by atoms with Gasteiger partial charge in [-0.25, -0.2) is 4.39 Å². The minimum absolute atomic E-state index is 0.0394. The molecule has 1 aromatic rings. The third-order valence-corrected chi connectivity index (χ3v) is 4.30. The summed E-state index contributed by atoms with van der Waals surface area (Å²) in [7, 11) is 0. The highest BCUT2D eigenvalue weighted by Crippen LogP contribution is 2.32. The zero-order chi connectivity index (χ0) is 16.3. The summed E-state index contributed by atoms with van der Waals surface area (Å²) in [5.74, 6) is -0.670. The topological polar surface area (TPSA) is 55.6 Å². The van der Waals surface area contributed by atoms with Crippen LogP contribution in [0.25, 0.3) is 0 Å². The van der Waals surface area contributed by atoms with E-state index in [4.69, 9.17) is 33.7 Å². The maximum Gasteiger partial charge on any atom is 0.239 e. The molecule has 0 bridgehead atoms. The summed E-state index contributed by atoms with van der Waals surface area (Å²) < 4.78 is 19.3. The van der Waals surface area contributed by atoms with E-state index < -0.39 is 18.0 Å². The van der Waals surface area contributed by atoms with E-state index in [2.05, 4.69) is 0 Å². The van der Waals surface area contributed by atoms with Gasteiger partial charge in [-0.05, 0) is 18.6 Å². The second-order valence-electron chi connectivity index (χ2n) is 5.33. The molecule has 122 valence electrons. The second-order valence-corrected chi connectivity index (χ2v) is 6.14. The monoisotopic (exact) mass is 348 g/mol. The van der Waals surface area contributed by atoms with Crippen LogP contribution >= 0.6 is 23.2 Å². The van der Waals surface area contributed by atoms with Crippen molar-refractivity contribution in [3.8, 4) is 0 Å². The Morgan fingerprint density at radius 3 is 2.91 bits per heavy atom. The van der Waals surface area contributed by atoms with E-state index in [1.807, 2.05) is 6.92 Å². The van der Waals surface area contributed by atoms with E-state index in [1.165, 1.54) is 12.1 Å². The minimum atomic E-state index is -0.559. The Balaban J connectivity index is 2.14. The fourth-order valence-electron chi connectivity index (χ4n) is 2.49. The van der Waals surface area contributed by atoms with Crippen LogP contribution in [0.3, 0.4) is 0 Å². The fraction of sp³-hybridized carbons (Fsp3) is 0.533. The SMILES string of the molecule is CCCC(N)C(=O)N1CCOC(c2cc(F)c(Cl)cc2Cl)C1. The molecule has 1 saturated heterocycles. The third kappa shape index (κ3) is 3.90. The summed E-state index contributed by atoms with van der Waals surface area (Å²) >= 11 is 11.8. The van der Waals surface area contributed by atoms with Crippen molar-refractivity contribution in [1.82, 2.24) is 4.90 Å². The highest BCUT2D eigenvalue weighted by atomic mass is 35.5. The summed E-state index contributed by atoms with van der Waals surface area (Å²) in [5, 5.41) is 0.283. The number of ether oxygens (including phenoxy) is 1. The van der Waals surface area contributed by atoms with Crippen LogP contribution in [-0.2, 0) is 9.53 Å². The molecule has 2 atom stereocenters. The second kappa shape index (κ2) is 7.59. The number of hydrogen-bond acceptors (Lipinski definition) is 3. The number of nitrogens with zero attached hydrogens (tertiary/aromatic N) is 1. The lowest BCUT2D eigenvalue weighted by Gasteiger charge is -2.35. The van der Waals surface area contributed by atoms with Gasteiger partial charge < -0.3 is 15.4 Å². The van der Waals surface area contributed by atoms with Crippen molar-refractivity contribution in [2.45, 2.75) is 31.9 Å². The molecule has 0 radical (unpaired) electrons. The molecule has 1 heterocycles. The zero-order valence-electron chi connectivity index (χ0n) is 12.3. The lowest BCUT2D eigenvalue weighted by Crippen LogP contribution is -2.49. The quantitative estimate of drug-likeness (QED) is 0.850. The molecule has 7 heteroatoms. The van der Waals surface area contributed by atoms with Gasteiger partial charge in [0, 0.05) is 17.1 Å². The highest BCUT2D eigenvalue weighted by Gasteiger charge is 2.29. The number of halogens is 3. The largest absolute Gasteiger partial charge is 0.370 e. The van der Waals surface area contributed by atoms with E-state index in [0.29, 0.717) is 36.7 Å². The van der Waals surface area contributed by atoms with Gasteiger partial charge in [-0.1, -0.05) is 36.5 Å². The van der Waals surface area contributed by atoms with Gasteiger partial charge in [-0.3, -0.25) is 4.79 Å². The molecule has 1 fully saturated rings. The van der Waals surface area contributed by atoms with E-state index in [1.54, 1.807) is 4.90 Å². The molecule has 1 aliphatic heterocycles. The van der Waals surface area contributed by atoms with Crippen LogP contribution in [0.1, 0.15) is 31.4 Å². The molecule has 2 rings (SSSR count). The van der Waals surface area contributed by atoms with Crippen LogP contribution in [0, 0.1) is 5.82 Å². The minimum Gasteiger partial charge on any atom is -0.370 e. The van der Waals surface area contributed by atoms with Gasteiger partial charge in [-0.15, -0.1) is 0 Å². The Hall–Kier alpha value is -0.880. The average molecular weight is 349 g/mol. The molecular formula is C15H19Cl2FN2O2. The first-order chi connectivity index (χ1) is 10.4. The van der Waals surface area contributed by atoms with Crippen molar-refractivity contribution in [1.29, 1.82) is 0 Å². The highest BCUT2D eigenvalue weighted by molar-refractivity contribution is 6.35.